The Morgan fingerprint density at radius 1 is 1.14 bits per heavy atom. The van der Waals surface area contributed by atoms with Gasteiger partial charge in [-0.2, -0.15) is 0 Å². The first kappa shape index (κ1) is 6.86. The van der Waals surface area contributed by atoms with Crippen molar-refractivity contribution in [3.63, 3.8) is 0 Å². The van der Waals surface area contributed by atoms with Crippen LogP contribution in [0.5, 0.6) is 0 Å². The number of hydrogen-bond donors (Lipinski definition) is 0. The Balaban J connectivity index is 3.36. The molecular weight excluding hydrogens is 98.1 g/mol. The molecule has 0 N–H and O–H groups in total. The second kappa shape index (κ2) is 2.24. The van der Waals surface area contributed by atoms with Crippen molar-refractivity contribution >= 4 is 0 Å². The SMILES string of the molecule is [CH2]CC(F)(F)C[CH2]. The highest BCUT2D eigenvalue weighted by molar-refractivity contribution is 4.67. The zero-order chi connectivity index (χ0) is 5.91. The Kier molecular flexibility index (Phi) is 2.20. The summed E-state index contributed by atoms with van der Waals surface area (Å²) in [4.78, 5) is 0. The van der Waals surface area contributed by atoms with Crippen LogP contribution in [0.4, 0.5) is 8.78 Å². The lowest BCUT2D eigenvalue weighted by Gasteiger charge is -2.08. The lowest BCUT2D eigenvalue weighted by atomic mass is 10.2. The van der Waals surface area contributed by atoms with Gasteiger partial charge in [-0.3, -0.25) is 0 Å². The minimum absolute atomic E-state index is 0.351. The van der Waals surface area contributed by atoms with Crippen molar-refractivity contribution in [2.75, 3.05) is 0 Å². The van der Waals surface area contributed by atoms with E-state index in [2.05, 4.69) is 13.8 Å². The van der Waals surface area contributed by atoms with Gasteiger partial charge in [0.15, 0.2) is 0 Å². The molecule has 0 fully saturated rings. The maximum atomic E-state index is 11.8. The molecule has 7 heavy (non-hydrogen) atoms. The van der Waals surface area contributed by atoms with Gasteiger partial charge >= 0.3 is 0 Å². The summed E-state index contributed by atoms with van der Waals surface area (Å²) in [5.74, 6) is -2.64. The third-order valence-electron chi connectivity index (χ3n) is 0.732. The van der Waals surface area contributed by atoms with E-state index in [1.807, 2.05) is 0 Å². The molecule has 0 atom stereocenters. The van der Waals surface area contributed by atoms with Crippen molar-refractivity contribution in [1.29, 1.82) is 0 Å². The van der Waals surface area contributed by atoms with Gasteiger partial charge in [-0.1, -0.05) is 0 Å². The summed E-state index contributed by atoms with van der Waals surface area (Å²) in [5, 5.41) is 0. The molecule has 0 nitrogen and oxygen atoms in total. The summed E-state index contributed by atoms with van der Waals surface area (Å²) in [6.45, 7) is 6.08. The van der Waals surface area contributed by atoms with E-state index in [0.29, 0.717) is 0 Å². The van der Waals surface area contributed by atoms with Gasteiger partial charge in [-0.25, -0.2) is 8.78 Å². The molecule has 0 spiro atoms. The predicted molar refractivity (Wildman–Crippen MR) is 24.9 cm³/mol. The lowest BCUT2D eigenvalue weighted by Crippen LogP contribution is -2.11. The summed E-state index contributed by atoms with van der Waals surface area (Å²) in [7, 11) is 0. The van der Waals surface area contributed by atoms with Gasteiger partial charge in [0.05, 0.1) is 0 Å². The molecule has 42 valence electrons. The summed E-state index contributed by atoms with van der Waals surface area (Å²) >= 11 is 0. The van der Waals surface area contributed by atoms with Crippen molar-refractivity contribution < 1.29 is 8.78 Å². The van der Waals surface area contributed by atoms with E-state index < -0.39 is 5.92 Å². The molecular formula is C5H8F2. The molecule has 0 bridgehead atoms. The van der Waals surface area contributed by atoms with Crippen LogP contribution in [0.1, 0.15) is 12.8 Å². The van der Waals surface area contributed by atoms with Crippen LogP contribution in [0.3, 0.4) is 0 Å². The molecule has 0 saturated carbocycles. The fraction of sp³-hybridized carbons (Fsp3) is 0.600. The van der Waals surface area contributed by atoms with Crippen molar-refractivity contribution in [1.82, 2.24) is 0 Å². The minimum Gasteiger partial charge on any atom is -0.207 e. The van der Waals surface area contributed by atoms with E-state index in [1.54, 1.807) is 0 Å². The molecule has 0 saturated heterocycles. The summed E-state index contributed by atoms with van der Waals surface area (Å²) in [6, 6.07) is 0. The van der Waals surface area contributed by atoms with Crippen LogP contribution < -0.4 is 0 Å². The Labute approximate surface area is 42.5 Å². The topological polar surface area (TPSA) is 0 Å². The monoisotopic (exact) mass is 106 g/mol. The van der Waals surface area contributed by atoms with Crippen LogP contribution in [0.25, 0.3) is 0 Å². The van der Waals surface area contributed by atoms with Crippen molar-refractivity contribution in [3.8, 4) is 0 Å². The normalized spacial score (nSPS) is 12.0. The van der Waals surface area contributed by atoms with Gasteiger partial charge in [-0.15, -0.1) is 0 Å². The molecule has 0 aliphatic heterocycles. The van der Waals surface area contributed by atoms with E-state index in [0.717, 1.165) is 0 Å². The van der Waals surface area contributed by atoms with E-state index in [1.165, 1.54) is 0 Å². The third kappa shape index (κ3) is 2.54. The van der Waals surface area contributed by atoms with E-state index >= 15 is 0 Å². The fourth-order valence-electron chi connectivity index (χ4n) is 0.125. The molecule has 2 heteroatoms. The first-order valence-corrected chi connectivity index (χ1v) is 2.09. The van der Waals surface area contributed by atoms with Crippen molar-refractivity contribution in [2.24, 2.45) is 0 Å². The largest absolute Gasteiger partial charge is 0.248 e. The van der Waals surface area contributed by atoms with Crippen LogP contribution in [-0.2, 0) is 0 Å². The van der Waals surface area contributed by atoms with Gasteiger partial charge in [0.1, 0.15) is 0 Å². The fourth-order valence-corrected chi connectivity index (χ4v) is 0.125. The highest BCUT2D eigenvalue weighted by Gasteiger charge is 2.21. The molecule has 0 rings (SSSR count). The van der Waals surface area contributed by atoms with E-state index in [4.69, 9.17) is 0 Å². The molecule has 2 radical (unpaired) electrons. The van der Waals surface area contributed by atoms with Crippen LogP contribution in [0, 0.1) is 13.8 Å². The summed E-state index contributed by atoms with van der Waals surface area (Å²) in [5.41, 5.74) is 0. The van der Waals surface area contributed by atoms with Crippen molar-refractivity contribution in [3.05, 3.63) is 13.8 Å². The molecule has 0 amide bonds. The van der Waals surface area contributed by atoms with Crippen LogP contribution in [-0.4, -0.2) is 5.92 Å². The van der Waals surface area contributed by atoms with Crippen LogP contribution in [0.2, 0.25) is 0 Å². The number of rotatable bonds is 2. The number of halogens is 2. The lowest BCUT2D eigenvalue weighted by molar-refractivity contribution is 0.00625. The number of hydrogen-bond acceptors (Lipinski definition) is 0. The van der Waals surface area contributed by atoms with Gasteiger partial charge in [0, 0.05) is 12.8 Å². The molecule has 0 aromatic rings. The molecule has 0 heterocycles. The molecule has 0 aromatic carbocycles. The Bertz CT molecular complexity index is 44.0. The van der Waals surface area contributed by atoms with E-state index in [9.17, 15) is 8.78 Å². The second-order valence-corrected chi connectivity index (χ2v) is 1.36. The minimum atomic E-state index is -2.64. The van der Waals surface area contributed by atoms with Gasteiger partial charge in [0.2, 0.25) is 5.92 Å². The highest BCUT2D eigenvalue weighted by atomic mass is 19.3. The Morgan fingerprint density at radius 3 is 1.43 bits per heavy atom. The first-order valence-electron chi connectivity index (χ1n) is 2.09. The Morgan fingerprint density at radius 2 is 1.43 bits per heavy atom. The average molecular weight is 106 g/mol. The first-order chi connectivity index (χ1) is 3.12. The average Bonchev–Trinajstić information content (AvgIpc) is 1.68. The van der Waals surface area contributed by atoms with Gasteiger partial charge < -0.3 is 0 Å². The summed E-state index contributed by atoms with van der Waals surface area (Å²) in [6.07, 6.45) is -0.701. The Hall–Kier alpha value is -0.140. The number of alkyl halides is 2. The van der Waals surface area contributed by atoms with Crippen LogP contribution >= 0.6 is 0 Å². The van der Waals surface area contributed by atoms with Crippen molar-refractivity contribution in [2.45, 2.75) is 18.8 Å². The van der Waals surface area contributed by atoms with E-state index in [-0.39, 0.29) is 12.8 Å². The zero-order valence-electron chi connectivity index (χ0n) is 4.08. The maximum Gasteiger partial charge on any atom is 0.248 e. The predicted octanol–water partition coefficient (Wildman–Crippen LogP) is 2.07. The van der Waals surface area contributed by atoms with Gasteiger partial charge in [0.25, 0.3) is 0 Å². The van der Waals surface area contributed by atoms with Gasteiger partial charge in [-0.05, 0) is 13.8 Å². The molecule has 0 aliphatic rings. The summed E-state index contributed by atoms with van der Waals surface area (Å²) < 4.78 is 23.5. The standard InChI is InChI=1S/C5H8F2/c1-3-5(6,7)4-2/h1-4H2. The van der Waals surface area contributed by atoms with Crippen LogP contribution in [0.15, 0.2) is 0 Å². The highest BCUT2D eigenvalue weighted by Crippen LogP contribution is 2.20. The third-order valence-corrected chi connectivity index (χ3v) is 0.732. The molecule has 0 aromatic heterocycles. The quantitative estimate of drug-likeness (QED) is 0.505. The molecule has 0 aliphatic carbocycles. The second-order valence-electron chi connectivity index (χ2n) is 1.36. The maximum absolute atomic E-state index is 11.8. The molecule has 0 unspecified atom stereocenters. The smallest absolute Gasteiger partial charge is 0.207 e. The zero-order valence-corrected chi connectivity index (χ0v) is 4.08.